The molecule has 45 heavy (non-hydrogen) atoms. The van der Waals surface area contributed by atoms with Crippen molar-refractivity contribution in [2.75, 3.05) is 85.1 Å². The minimum absolute atomic E-state index is 0.278. The molecule has 5 saturated heterocycles. The van der Waals surface area contributed by atoms with E-state index in [1.54, 1.807) is 0 Å². The Labute approximate surface area is 280 Å². The molecule has 5 heterocycles. The zero-order valence-electron chi connectivity index (χ0n) is 32.2. The second-order valence-electron chi connectivity index (χ2n) is 20.6. The second-order valence-corrected chi connectivity index (χ2v) is 20.6. The van der Waals surface area contributed by atoms with E-state index in [0.717, 1.165) is 18.0 Å². The maximum Gasteiger partial charge on any atom is 0.0212 e. The van der Waals surface area contributed by atoms with Gasteiger partial charge in [0.25, 0.3) is 0 Å². The van der Waals surface area contributed by atoms with Gasteiger partial charge in [0.1, 0.15) is 0 Å². The van der Waals surface area contributed by atoms with Crippen molar-refractivity contribution >= 4 is 0 Å². The van der Waals surface area contributed by atoms with Crippen LogP contribution in [0.1, 0.15) is 115 Å². The van der Waals surface area contributed by atoms with E-state index in [2.05, 4.69) is 112 Å². The molecule has 262 valence electrons. The quantitative estimate of drug-likeness (QED) is 0.300. The molecule has 0 aromatic rings. The van der Waals surface area contributed by atoms with Crippen molar-refractivity contribution < 1.29 is 0 Å². The SMILES string of the molecule is C[C@@H]1CN(CC(C)(C)C)CCC1N1CC2(C1)CN(C(C)(C)CCC(C)(C)N1CCN(C3CCN(CC(C)(C)C)[C@@H](C)C3)CC1)C2. The third-order valence-electron chi connectivity index (χ3n) is 12.8. The first-order valence-electron chi connectivity index (χ1n) is 19.2. The molecule has 2 unspecified atom stereocenters. The van der Waals surface area contributed by atoms with Gasteiger partial charge in [0, 0.05) is 107 Å². The van der Waals surface area contributed by atoms with E-state index in [1.165, 1.54) is 117 Å². The Morgan fingerprint density at radius 2 is 1.18 bits per heavy atom. The minimum Gasteiger partial charge on any atom is -0.302 e. The van der Waals surface area contributed by atoms with Gasteiger partial charge in [0.05, 0.1) is 0 Å². The average Bonchev–Trinajstić information content (AvgIpc) is 2.86. The van der Waals surface area contributed by atoms with Crippen molar-refractivity contribution in [1.82, 2.24) is 29.4 Å². The molecule has 0 aliphatic carbocycles. The van der Waals surface area contributed by atoms with Gasteiger partial charge >= 0.3 is 0 Å². The normalized spacial score (nSPS) is 32.5. The Bertz CT molecular complexity index is 955. The average molecular weight is 629 g/mol. The molecule has 5 aliphatic heterocycles. The van der Waals surface area contributed by atoms with Gasteiger partial charge in [-0.15, -0.1) is 0 Å². The molecule has 0 aromatic carbocycles. The van der Waals surface area contributed by atoms with Gasteiger partial charge < -0.3 is 9.80 Å². The van der Waals surface area contributed by atoms with Crippen LogP contribution in [0.4, 0.5) is 0 Å². The monoisotopic (exact) mass is 629 g/mol. The van der Waals surface area contributed by atoms with Gasteiger partial charge in [0.15, 0.2) is 0 Å². The summed E-state index contributed by atoms with van der Waals surface area (Å²) in [6.07, 6.45) is 6.65. The minimum atomic E-state index is 0.278. The zero-order chi connectivity index (χ0) is 33.0. The third-order valence-corrected chi connectivity index (χ3v) is 12.8. The van der Waals surface area contributed by atoms with Gasteiger partial charge in [-0.1, -0.05) is 48.5 Å². The molecular weight excluding hydrogens is 552 g/mol. The highest BCUT2D eigenvalue weighted by Crippen LogP contribution is 2.46. The summed E-state index contributed by atoms with van der Waals surface area (Å²) in [5.74, 6) is 0.796. The largest absolute Gasteiger partial charge is 0.302 e. The smallest absolute Gasteiger partial charge is 0.0212 e. The molecule has 5 rings (SSSR count). The van der Waals surface area contributed by atoms with Crippen LogP contribution in [0.25, 0.3) is 0 Å². The molecule has 4 atom stereocenters. The second kappa shape index (κ2) is 13.2. The lowest BCUT2D eigenvalue weighted by Gasteiger charge is -2.66. The van der Waals surface area contributed by atoms with E-state index < -0.39 is 0 Å². The van der Waals surface area contributed by atoms with Crippen LogP contribution in [0.15, 0.2) is 0 Å². The Hall–Kier alpha value is -0.240. The van der Waals surface area contributed by atoms with Crippen LogP contribution in [0.2, 0.25) is 0 Å². The van der Waals surface area contributed by atoms with E-state index in [0.29, 0.717) is 27.8 Å². The molecule has 5 fully saturated rings. The summed E-state index contributed by atoms with van der Waals surface area (Å²) in [5.41, 5.74) is 1.97. The summed E-state index contributed by atoms with van der Waals surface area (Å²) >= 11 is 0. The Kier molecular flexibility index (Phi) is 10.6. The van der Waals surface area contributed by atoms with Crippen molar-refractivity contribution in [2.45, 2.75) is 144 Å². The molecule has 1 spiro atoms. The number of hydrogen-bond donors (Lipinski definition) is 0. The summed E-state index contributed by atoms with van der Waals surface area (Å²) in [6.45, 7) is 46.0. The van der Waals surface area contributed by atoms with E-state index in [9.17, 15) is 0 Å². The zero-order valence-corrected chi connectivity index (χ0v) is 32.2. The number of nitrogens with zero attached hydrogens (tertiary/aromatic N) is 6. The van der Waals surface area contributed by atoms with Crippen molar-refractivity contribution in [2.24, 2.45) is 22.2 Å². The van der Waals surface area contributed by atoms with E-state index in [1.807, 2.05) is 0 Å². The van der Waals surface area contributed by atoms with Gasteiger partial charge in [0.2, 0.25) is 0 Å². The molecule has 0 aromatic heterocycles. The van der Waals surface area contributed by atoms with Crippen LogP contribution in [-0.4, -0.2) is 144 Å². The van der Waals surface area contributed by atoms with Crippen molar-refractivity contribution in [3.8, 4) is 0 Å². The van der Waals surface area contributed by atoms with E-state index >= 15 is 0 Å². The predicted octanol–water partition coefficient (Wildman–Crippen LogP) is 6.21. The Balaban J connectivity index is 1.01. The molecule has 0 radical (unpaired) electrons. The van der Waals surface area contributed by atoms with Crippen LogP contribution in [-0.2, 0) is 0 Å². The lowest BCUT2D eigenvalue weighted by molar-refractivity contribution is -0.171. The van der Waals surface area contributed by atoms with Gasteiger partial charge in [-0.2, -0.15) is 0 Å². The van der Waals surface area contributed by atoms with Crippen LogP contribution in [0, 0.1) is 22.2 Å². The lowest BCUT2D eigenvalue weighted by Crippen LogP contribution is -2.77. The molecule has 0 bridgehead atoms. The van der Waals surface area contributed by atoms with E-state index in [-0.39, 0.29) is 5.54 Å². The first kappa shape index (κ1) is 36.1. The van der Waals surface area contributed by atoms with Gasteiger partial charge in [-0.05, 0) is 96.6 Å². The standard InChI is InChI=1S/C39H76N6/c1-31-24-40(25-35(3,4)5)17-14-34(31)43-27-39(28-43)29-45(30-39)38(11,12)16-15-37(9,10)44-21-19-41(20-22-44)33-13-18-42(32(2)23-33)26-36(6,7)8/h31-34H,13-30H2,1-12H3/t31-,32+,33?,34?/m1/s1. The maximum absolute atomic E-state index is 2.86. The van der Waals surface area contributed by atoms with E-state index in [4.69, 9.17) is 0 Å². The number of piperazine rings is 1. The van der Waals surface area contributed by atoms with Gasteiger partial charge in [-0.25, -0.2) is 0 Å². The third kappa shape index (κ3) is 8.87. The lowest BCUT2D eigenvalue weighted by atomic mass is 9.68. The summed E-state index contributed by atoms with van der Waals surface area (Å²) in [7, 11) is 0. The predicted molar refractivity (Wildman–Crippen MR) is 193 cm³/mol. The summed E-state index contributed by atoms with van der Waals surface area (Å²) < 4.78 is 0. The Morgan fingerprint density at radius 3 is 1.71 bits per heavy atom. The van der Waals surface area contributed by atoms with Gasteiger partial charge in [-0.3, -0.25) is 19.6 Å². The highest BCUT2D eigenvalue weighted by molar-refractivity contribution is 5.11. The fraction of sp³-hybridized carbons (Fsp3) is 1.00. The molecule has 6 nitrogen and oxygen atoms in total. The number of rotatable bonds is 9. The van der Waals surface area contributed by atoms with Crippen LogP contribution in [0.5, 0.6) is 0 Å². The summed E-state index contributed by atoms with van der Waals surface area (Å²) in [5, 5.41) is 0. The summed E-state index contributed by atoms with van der Waals surface area (Å²) in [6, 6.07) is 2.30. The van der Waals surface area contributed by atoms with Crippen LogP contribution < -0.4 is 0 Å². The fourth-order valence-electron chi connectivity index (χ4n) is 10.0. The highest BCUT2D eigenvalue weighted by atomic mass is 15.4. The van der Waals surface area contributed by atoms with Crippen molar-refractivity contribution in [1.29, 1.82) is 0 Å². The number of likely N-dealkylation sites (tertiary alicyclic amines) is 4. The topological polar surface area (TPSA) is 19.4 Å². The van der Waals surface area contributed by atoms with Crippen LogP contribution >= 0.6 is 0 Å². The fourth-order valence-corrected chi connectivity index (χ4v) is 10.0. The van der Waals surface area contributed by atoms with Crippen LogP contribution in [0.3, 0.4) is 0 Å². The first-order chi connectivity index (χ1) is 20.7. The van der Waals surface area contributed by atoms with Crippen molar-refractivity contribution in [3.63, 3.8) is 0 Å². The first-order valence-corrected chi connectivity index (χ1v) is 19.2. The summed E-state index contributed by atoms with van der Waals surface area (Å²) in [4.78, 5) is 16.8. The molecular formula is C39H76N6. The Morgan fingerprint density at radius 1 is 0.600 bits per heavy atom. The molecule has 6 heteroatoms. The molecule has 0 saturated carbocycles. The highest BCUT2D eigenvalue weighted by Gasteiger charge is 2.56. The maximum atomic E-state index is 2.86. The van der Waals surface area contributed by atoms with Crippen molar-refractivity contribution in [3.05, 3.63) is 0 Å². The number of hydrogen-bond acceptors (Lipinski definition) is 6. The molecule has 0 amide bonds. The molecule has 0 N–H and O–H groups in total. The number of piperidine rings is 2. The molecule has 5 aliphatic rings.